The third kappa shape index (κ3) is 1.27. The van der Waals surface area contributed by atoms with Crippen LogP contribution in [0.5, 0.6) is 0 Å². The molecule has 0 aromatic carbocycles. The molecular formula is C10H17N3. The lowest BCUT2D eigenvalue weighted by atomic mass is 10.1. The summed E-state index contributed by atoms with van der Waals surface area (Å²) in [4.78, 5) is 2.40. The lowest BCUT2D eigenvalue weighted by Crippen LogP contribution is -2.40. The number of fused-ring (bicyclic) bond motifs is 1. The first-order valence-corrected chi connectivity index (χ1v) is 4.86. The number of likely N-dealkylation sites (N-methyl/N-ethyl adjacent to an activating group) is 1. The van der Waals surface area contributed by atoms with Gasteiger partial charge in [0.25, 0.3) is 0 Å². The summed E-state index contributed by atoms with van der Waals surface area (Å²) in [6.07, 6.45) is 0. The highest BCUT2D eigenvalue weighted by Crippen LogP contribution is 2.26. The lowest BCUT2D eigenvalue weighted by molar-refractivity contribution is 0.137. The number of hydrogen-bond donors (Lipinski definition) is 0. The van der Waals surface area contributed by atoms with Gasteiger partial charge in [-0.2, -0.15) is 5.10 Å². The Morgan fingerprint density at radius 1 is 1.46 bits per heavy atom. The second kappa shape index (κ2) is 2.84. The summed E-state index contributed by atoms with van der Waals surface area (Å²) in [5, 5.41) is 4.48. The summed E-state index contributed by atoms with van der Waals surface area (Å²) < 4.78 is 2.14. The first-order chi connectivity index (χ1) is 6.09. The van der Waals surface area contributed by atoms with Crippen molar-refractivity contribution in [1.29, 1.82) is 0 Å². The summed E-state index contributed by atoms with van der Waals surface area (Å²) in [6, 6.07) is 3.26. The Kier molecular flexibility index (Phi) is 1.91. The van der Waals surface area contributed by atoms with E-state index in [1.165, 1.54) is 5.69 Å². The third-order valence-electron chi connectivity index (χ3n) is 3.10. The molecule has 3 heteroatoms. The van der Waals surface area contributed by atoms with E-state index < -0.39 is 0 Å². The van der Waals surface area contributed by atoms with Gasteiger partial charge in [-0.05, 0) is 33.9 Å². The summed E-state index contributed by atoms with van der Waals surface area (Å²) >= 11 is 0. The van der Waals surface area contributed by atoms with Crippen LogP contribution in [0.25, 0.3) is 0 Å². The van der Waals surface area contributed by atoms with Crippen molar-refractivity contribution < 1.29 is 0 Å². The maximum Gasteiger partial charge on any atom is 0.0597 e. The van der Waals surface area contributed by atoms with Gasteiger partial charge in [-0.1, -0.05) is 0 Å². The number of aryl methyl sites for hydroxylation is 1. The number of aromatic nitrogens is 2. The van der Waals surface area contributed by atoms with Gasteiger partial charge in [-0.3, -0.25) is 9.58 Å². The highest BCUT2D eigenvalue weighted by atomic mass is 15.4. The predicted molar refractivity (Wildman–Crippen MR) is 52.6 cm³/mol. The molecule has 0 radical (unpaired) electrons. The Bertz CT molecular complexity index is 316. The average Bonchev–Trinajstić information content (AvgIpc) is 2.42. The summed E-state index contributed by atoms with van der Waals surface area (Å²) in [7, 11) is 2.18. The fraction of sp³-hybridized carbons (Fsp3) is 0.700. The summed E-state index contributed by atoms with van der Waals surface area (Å²) in [5.74, 6) is 0. The molecule has 0 spiro atoms. The standard InChI is InChI=1S/C10H17N3/c1-7-5-10-9(3)12(4)8(2)6-13(10)11-7/h5,8-9H,6H2,1-4H3/t8-,9+/m0/s1. The maximum atomic E-state index is 4.48. The molecule has 0 bridgehead atoms. The molecule has 72 valence electrons. The second-order valence-electron chi connectivity index (χ2n) is 4.08. The van der Waals surface area contributed by atoms with Crippen molar-refractivity contribution in [2.75, 3.05) is 7.05 Å². The van der Waals surface area contributed by atoms with Crippen LogP contribution in [-0.2, 0) is 6.54 Å². The van der Waals surface area contributed by atoms with Crippen molar-refractivity contribution in [3.63, 3.8) is 0 Å². The molecule has 0 aliphatic carbocycles. The van der Waals surface area contributed by atoms with Gasteiger partial charge in [-0.25, -0.2) is 0 Å². The van der Waals surface area contributed by atoms with Gasteiger partial charge in [0.2, 0.25) is 0 Å². The monoisotopic (exact) mass is 179 g/mol. The van der Waals surface area contributed by atoms with Crippen molar-refractivity contribution in [2.45, 2.75) is 39.4 Å². The molecule has 0 fully saturated rings. The lowest BCUT2D eigenvalue weighted by Gasteiger charge is -2.36. The van der Waals surface area contributed by atoms with E-state index >= 15 is 0 Å². The normalized spacial score (nSPS) is 28.9. The second-order valence-corrected chi connectivity index (χ2v) is 4.08. The van der Waals surface area contributed by atoms with Crippen LogP contribution in [0.4, 0.5) is 0 Å². The van der Waals surface area contributed by atoms with E-state index in [0.717, 1.165) is 12.2 Å². The van der Waals surface area contributed by atoms with Gasteiger partial charge in [0.15, 0.2) is 0 Å². The van der Waals surface area contributed by atoms with Gasteiger partial charge < -0.3 is 0 Å². The Hall–Kier alpha value is -0.830. The minimum atomic E-state index is 0.491. The minimum absolute atomic E-state index is 0.491. The van der Waals surface area contributed by atoms with Crippen molar-refractivity contribution in [3.8, 4) is 0 Å². The first-order valence-electron chi connectivity index (χ1n) is 4.86. The number of hydrogen-bond acceptors (Lipinski definition) is 2. The molecule has 2 heterocycles. The van der Waals surface area contributed by atoms with Crippen LogP contribution in [-0.4, -0.2) is 27.8 Å². The average molecular weight is 179 g/mol. The van der Waals surface area contributed by atoms with E-state index in [1.54, 1.807) is 0 Å². The molecule has 13 heavy (non-hydrogen) atoms. The predicted octanol–water partition coefficient (Wildman–Crippen LogP) is 1.59. The van der Waals surface area contributed by atoms with Crippen molar-refractivity contribution in [3.05, 3.63) is 17.5 Å². The van der Waals surface area contributed by atoms with Gasteiger partial charge >= 0.3 is 0 Å². The first kappa shape index (κ1) is 8.75. The summed E-state index contributed by atoms with van der Waals surface area (Å²) in [5.41, 5.74) is 2.47. The molecule has 0 saturated carbocycles. The zero-order valence-electron chi connectivity index (χ0n) is 8.78. The van der Waals surface area contributed by atoms with Crippen LogP contribution in [0, 0.1) is 6.92 Å². The summed E-state index contributed by atoms with van der Waals surface area (Å²) in [6.45, 7) is 7.56. The fourth-order valence-corrected chi connectivity index (χ4v) is 2.02. The molecule has 0 amide bonds. The third-order valence-corrected chi connectivity index (χ3v) is 3.10. The zero-order chi connectivity index (χ0) is 9.59. The van der Waals surface area contributed by atoms with Gasteiger partial charge in [0.1, 0.15) is 0 Å². The Labute approximate surface area is 79.3 Å². The van der Waals surface area contributed by atoms with E-state index in [-0.39, 0.29) is 0 Å². The Balaban J connectivity index is 2.42. The molecule has 1 aliphatic rings. The highest BCUT2D eigenvalue weighted by molar-refractivity contribution is 5.15. The van der Waals surface area contributed by atoms with Crippen LogP contribution >= 0.6 is 0 Å². The van der Waals surface area contributed by atoms with E-state index in [9.17, 15) is 0 Å². The molecular weight excluding hydrogens is 162 g/mol. The smallest absolute Gasteiger partial charge is 0.0597 e. The SMILES string of the molecule is Cc1cc2n(n1)C[C@H](C)N(C)[C@@H]2C. The number of rotatable bonds is 0. The van der Waals surface area contributed by atoms with Crippen LogP contribution in [0.3, 0.4) is 0 Å². The molecule has 1 aliphatic heterocycles. The van der Waals surface area contributed by atoms with Crippen molar-refractivity contribution >= 4 is 0 Å². The maximum absolute atomic E-state index is 4.48. The quantitative estimate of drug-likeness (QED) is 0.603. The Morgan fingerprint density at radius 3 is 2.85 bits per heavy atom. The minimum Gasteiger partial charge on any atom is -0.294 e. The van der Waals surface area contributed by atoms with Crippen LogP contribution in [0.1, 0.15) is 31.3 Å². The molecule has 0 unspecified atom stereocenters. The molecule has 1 aromatic heterocycles. The molecule has 2 atom stereocenters. The Morgan fingerprint density at radius 2 is 2.15 bits per heavy atom. The van der Waals surface area contributed by atoms with Crippen molar-refractivity contribution in [1.82, 2.24) is 14.7 Å². The molecule has 0 saturated heterocycles. The van der Waals surface area contributed by atoms with E-state index in [2.05, 4.69) is 48.6 Å². The molecule has 1 aromatic rings. The molecule has 3 nitrogen and oxygen atoms in total. The topological polar surface area (TPSA) is 21.1 Å². The molecule has 0 N–H and O–H groups in total. The zero-order valence-corrected chi connectivity index (χ0v) is 8.78. The van der Waals surface area contributed by atoms with Gasteiger partial charge in [-0.15, -0.1) is 0 Å². The molecule has 2 rings (SSSR count). The van der Waals surface area contributed by atoms with Gasteiger partial charge in [0, 0.05) is 12.1 Å². The van der Waals surface area contributed by atoms with E-state index in [0.29, 0.717) is 12.1 Å². The van der Waals surface area contributed by atoms with Crippen LogP contribution < -0.4 is 0 Å². The number of nitrogens with zero attached hydrogens (tertiary/aromatic N) is 3. The highest BCUT2D eigenvalue weighted by Gasteiger charge is 2.26. The van der Waals surface area contributed by atoms with Gasteiger partial charge in [0.05, 0.1) is 17.9 Å². The van der Waals surface area contributed by atoms with Crippen molar-refractivity contribution in [2.24, 2.45) is 0 Å². The fourth-order valence-electron chi connectivity index (χ4n) is 2.02. The van der Waals surface area contributed by atoms with Crippen LogP contribution in [0.2, 0.25) is 0 Å². The van der Waals surface area contributed by atoms with Crippen LogP contribution in [0.15, 0.2) is 6.07 Å². The largest absolute Gasteiger partial charge is 0.294 e. The van der Waals surface area contributed by atoms with E-state index in [4.69, 9.17) is 0 Å². The van der Waals surface area contributed by atoms with E-state index in [1.807, 2.05) is 0 Å².